The van der Waals surface area contributed by atoms with Gasteiger partial charge in [0.2, 0.25) is 0 Å². The van der Waals surface area contributed by atoms with Crippen LogP contribution in [0.1, 0.15) is 200 Å². The highest BCUT2D eigenvalue weighted by molar-refractivity contribution is 6.34. The predicted molar refractivity (Wildman–Crippen MR) is 467 cm³/mol. The number of rotatable bonds is 16. The molecule has 7 saturated heterocycles. The largest absolute Gasteiger partial charge is 0.483 e. The number of benzene rings is 1. The number of aromatic amines is 1. The van der Waals surface area contributed by atoms with Crippen LogP contribution in [0.3, 0.4) is 0 Å². The molecule has 43 heteroatoms. The van der Waals surface area contributed by atoms with Crippen LogP contribution in [0.15, 0.2) is 68.2 Å². The molecular formula is C84H114Cl4FN19O19. The fraction of sp³-hybridized carbons (Fsp3) is 0.667. The Kier molecular flexibility index (Phi) is 30.4. The number of carboxylic acid groups (broad SMARTS) is 1. The predicted octanol–water partition coefficient (Wildman–Crippen LogP) is 9.78. The molecule has 13 fully saturated rings. The minimum Gasteiger partial charge on any atom is -0.483 e. The fourth-order valence-corrected chi connectivity index (χ4v) is 20.9. The molecule has 4 aromatic heterocycles. The molecule has 6 aliphatic carbocycles. The molecule has 127 heavy (non-hydrogen) atoms. The number of nitrogens with two attached hydrogens (primary N) is 1. The van der Waals surface area contributed by atoms with Gasteiger partial charge in [0.25, 0.3) is 28.7 Å². The maximum absolute atomic E-state index is 13.0. The van der Waals surface area contributed by atoms with E-state index >= 15 is 0 Å². The summed E-state index contributed by atoms with van der Waals surface area (Å²) < 4.78 is 56.0. The first-order chi connectivity index (χ1) is 60.8. The number of nitrogens with one attached hydrogen (secondary N) is 7. The third-order valence-corrected chi connectivity index (χ3v) is 27.4. The van der Waals surface area contributed by atoms with Gasteiger partial charge in [-0.15, -0.1) is 0 Å². The normalized spacial score (nSPS) is 29.5. The number of halogens is 5. The lowest BCUT2D eigenvalue weighted by atomic mass is 9.52. The molecule has 7 aliphatic heterocycles. The number of aliphatic hydroxyl groups is 1. The quantitative estimate of drug-likeness (QED) is 0.0324. The number of carbonyl (C=O) groups is 6. The number of aromatic nitrogens is 8. The Hall–Kier alpha value is -9.35. The van der Waals surface area contributed by atoms with Gasteiger partial charge < -0.3 is 101 Å². The van der Waals surface area contributed by atoms with Gasteiger partial charge in [0.05, 0.1) is 73.3 Å². The SMILES string of the molecule is CC(C)(C)OC(=O)NC1CC2(CC(NC(=O)O[C@@H]3CCN(c4cnn(C5CCCCO5)c(=O)c4Cl)C3)C2)C1.NC1CC2(C1)CC(NC(=O)O[C@@H]1CCN(c3cnn(C4CCCCO4)c(=O)c3Cl)C1)C2.O=C(Nc1ccc(F)cc1)NC1CC2(C1)CC(NC(=O)O[C@@H]1CCN(c3cn[nH]c(=O)c3Cl)C1)C2.O=CO.O=c1c(Cl)c(N2CC[C@@H](O)C2)cnn1C1CCCCO1. The van der Waals surface area contributed by atoms with E-state index in [0.29, 0.717) is 138 Å². The molecule has 3 spiro atoms. The van der Waals surface area contributed by atoms with Gasteiger partial charge in [-0.25, -0.2) is 33.5 Å². The van der Waals surface area contributed by atoms with Crippen LogP contribution in [-0.2, 0) is 38.0 Å². The molecule has 11 heterocycles. The monoisotopic (exact) mass is 1850 g/mol. The number of alkyl carbamates (subject to hydrolysis) is 4. The lowest BCUT2D eigenvalue weighted by molar-refractivity contribution is -0.122. The smallest absolute Gasteiger partial charge is 0.407 e. The maximum Gasteiger partial charge on any atom is 0.407 e. The van der Waals surface area contributed by atoms with Gasteiger partial charge in [0.15, 0.2) is 18.7 Å². The average molecular weight is 1850 g/mol. The zero-order valence-corrected chi connectivity index (χ0v) is 74.4. The van der Waals surface area contributed by atoms with Crippen LogP contribution in [0, 0.1) is 22.1 Å². The minimum atomic E-state index is -0.510. The summed E-state index contributed by atoms with van der Waals surface area (Å²) in [5.41, 5.74) is 7.40. The number of aliphatic hydroxyl groups excluding tert-OH is 1. The number of nitrogens with zero attached hydrogens (tertiary/aromatic N) is 11. The second-order valence-electron chi connectivity index (χ2n) is 36.8. The van der Waals surface area contributed by atoms with Crippen molar-refractivity contribution in [1.82, 2.24) is 66.1 Å². The van der Waals surface area contributed by atoms with Gasteiger partial charge in [0.1, 0.15) is 49.8 Å². The van der Waals surface area contributed by atoms with E-state index in [4.69, 9.17) is 95.2 Å². The van der Waals surface area contributed by atoms with E-state index in [0.717, 1.165) is 135 Å². The van der Waals surface area contributed by atoms with Gasteiger partial charge in [-0.2, -0.15) is 34.4 Å². The van der Waals surface area contributed by atoms with Crippen molar-refractivity contribution in [2.24, 2.45) is 22.0 Å². The van der Waals surface area contributed by atoms with Crippen LogP contribution in [0.5, 0.6) is 0 Å². The van der Waals surface area contributed by atoms with Gasteiger partial charge in [-0.1, -0.05) is 46.4 Å². The first-order valence-electron chi connectivity index (χ1n) is 43.9. The van der Waals surface area contributed by atoms with E-state index in [9.17, 15) is 52.6 Å². The number of anilines is 5. The summed E-state index contributed by atoms with van der Waals surface area (Å²) in [7, 11) is 0. The van der Waals surface area contributed by atoms with Crippen LogP contribution in [0.4, 0.5) is 56.8 Å². The van der Waals surface area contributed by atoms with Gasteiger partial charge in [0, 0.05) is 114 Å². The number of H-pyrrole nitrogens is 1. The first kappa shape index (κ1) is 93.8. The average Bonchev–Trinajstić information content (AvgIpc) is 1.00. The Labute approximate surface area is 752 Å². The second-order valence-corrected chi connectivity index (χ2v) is 38.3. The highest BCUT2D eigenvalue weighted by atomic mass is 35.5. The molecule has 6 amide bonds. The van der Waals surface area contributed by atoms with Crippen LogP contribution < -0.4 is 79.5 Å². The Morgan fingerprint density at radius 1 is 0.496 bits per heavy atom. The van der Waals surface area contributed by atoms with Crippen LogP contribution in [0.25, 0.3) is 0 Å². The number of β-amino-alcohol motifs (C(OH)–C–C–N with tert-alkyl or cyclic N) is 1. The van der Waals surface area contributed by atoms with Crippen molar-refractivity contribution in [1.29, 1.82) is 0 Å². The zero-order chi connectivity index (χ0) is 90.1. The number of carbonyl (C=O) groups excluding carboxylic acids is 5. The highest BCUT2D eigenvalue weighted by Gasteiger charge is 2.56. The summed E-state index contributed by atoms with van der Waals surface area (Å²) in [6, 6.07) is 6.16. The summed E-state index contributed by atoms with van der Waals surface area (Å²) in [5.74, 6) is -0.355. The molecule has 7 atom stereocenters. The topological polar surface area (TPSA) is 469 Å². The van der Waals surface area contributed by atoms with Crippen molar-refractivity contribution in [3.8, 4) is 0 Å². The van der Waals surface area contributed by atoms with Crippen LogP contribution in [-0.4, -0.2) is 225 Å². The van der Waals surface area contributed by atoms with Crippen molar-refractivity contribution in [3.05, 3.63) is 116 Å². The lowest BCUT2D eigenvalue weighted by Gasteiger charge is -2.57. The summed E-state index contributed by atoms with van der Waals surface area (Å²) in [6.45, 7) is 11.6. The van der Waals surface area contributed by atoms with E-state index in [1.165, 1.54) is 44.5 Å². The molecule has 1 aromatic carbocycles. The third kappa shape index (κ3) is 23.6. The van der Waals surface area contributed by atoms with Crippen molar-refractivity contribution < 1.29 is 76.5 Å². The van der Waals surface area contributed by atoms with E-state index in [-0.39, 0.29) is 151 Å². The summed E-state index contributed by atoms with van der Waals surface area (Å²) in [6.07, 6.45) is 24.5. The number of ether oxygens (including phenoxy) is 7. The molecule has 0 radical (unpaired) electrons. The standard InChI is InChI=1S/C26H38ClN5O6.C23H26ClFN6O4.C21H30ClN5O4.C13H18ClN3O3.CH2O2/c1-25(2,3)38-24(35)30-17-12-26(13-17)10-16(11-26)29-23(34)37-18-7-8-31(15-18)19-14-28-32(22(33)21(19)27)20-6-4-5-9-36-20;24-19-18(11-26-30-20(19)32)31-6-5-17(12-31)35-22(34)29-16-9-23(10-16)7-15(8-23)28-21(33)27-14-3-1-13(25)2-4-14;22-18-16(11-24-27(19(18)28)17-3-1-2-6-30-17)26-5-4-15(12-26)31-20(29)25-14-9-21(10-14)7-13(23)8-21;14-12-10(16-5-4-9(18)8-16)7-15-17(13(12)19)11-3-1-2-6-20-11;2-1-3/h14,16-18,20H,4-13,15H2,1-3H3,(H,29,34)(H,30,35);1-4,11,15-17H,5-10,12H2,(H,29,34)(H,30,32)(H2,27,28,33);11,13-15,17H,1-10,12,23H2,(H,25,29);7,9,11,18H,1-6,8H2;1H,(H,2,3)/t16?,17?,18-,20?,26?;15?,16?,17-,23?;13?,14?,15-,17?,21?;9-,11?;/m1111./s1. The molecule has 3 unspecified atom stereocenters. The van der Waals surface area contributed by atoms with Crippen molar-refractivity contribution >= 4 is 112 Å². The first-order valence-corrected chi connectivity index (χ1v) is 45.5. The zero-order valence-electron chi connectivity index (χ0n) is 71.4. The van der Waals surface area contributed by atoms with Crippen molar-refractivity contribution in [2.75, 3.05) is 97.1 Å². The van der Waals surface area contributed by atoms with E-state index in [2.05, 4.69) is 57.4 Å². The maximum atomic E-state index is 13.0. The summed E-state index contributed by atoms with van der Waals surface area (Å²) >= 11 is 25.1. The molecule has 0 bridgehead atoms. The Morgan fingerprint density at radius 2 is 0.835 bits per heavy atom. The highest BCUT2D eigenvalue weighted by Crippen LogP contribution is 2.58. The molecule has 694 valence electrons. The number of urea groups is 1. The Bertz CT molecular complexity index is 4930. The molecule has 6 saturated carbocycles. The van der Waals surface area contributed by atoms with Crippen LogP contribution >= 0.6 is 46.4 Å². The van der Waals surface area contributed by atoms with E-state index in [1.807, 2.05) is 40.4 Å². The fourth-order valence-electron chi connectivity index (χ4n) is 19.9. The number of amides is 6. The summed E-state index contributed by atoms with van der Waals surface area (Å²) in [4.78, 5) is 127. The Balaban J connectivity index is 0.000000138. The molecule has 13 aliphatic rings. The van der Waals surface area contributed by atoms with Crippen LogP contribution in [0.2, 0.25) is 20.1 Å². The van der Waals surface area contributed by atoms with Crippen molar-refractivity contribution in [2.45, 2.75) is 266 Å². The summed E-state index contributed by atoms with van der Waals surface area (Å²) in [5, 5.41) is 53.3. The van der Waals surface area contributed by atoms with Gasteiger partial charge in [-0.3, -0.25) is 24.0 Å². The number of hydrogen-bond acceptors (Lipinski definition) is 27. The third-order valence-electron chi connectivity index (χ3n) is 25.9. The molecule has 38 nitrogen and oxygen atoms in total. The molecular weight excluding hydrogens is 1740 g/mol. The molecule has 11 N–H and O–H groups in total. The van der Waals surface area contributed by atoms with E-state index in [1.54, 1.807) is 18.6 Å². The molecule has 18 rings (SSSR count). The van der Waals surface area contributed by atoms with Gasteiger partial charge in [-0.05, 0) is 203 Å². The van der Waals surface area contributed by atoms with Crippen molar-refractivity contribution in [3.63, 3.8) is 0 Å². The van der Waals surface area contributed by atoms with Gasteiger partial charge >= 0.3 is 30.4 Å². The number of hydrogen-bond donors (Lipinski definition) is 10. The second kappa shape index (κ2) is 41.2. The lowest BCUT2D eigenvalue weighted by Crippen LogP contribution is -2.61. The van der Waals surface area contributed by atoms with E-state index < -0.39 is 23.3 Å². The Morgan fingerprint density at radius 3 is 1.17 bits per heavy atom. The molecule has 5 aromatic rings. The minimum absolute atomic E-state index is 0.0559.